The molecule has 0 aliphatic carbocycles. The first kappa shape index (κ1) is 18.9. The summed E-state index contributed by atoms with van der Waals surface area (Å²) in [6.45, 7) is 5.94. The smallest absolute Gasteiger partial charge is 0.357 e. The molecule has 0 spiro atoms. The number of aryl methyl sites for hydroxylation is 1. The van der Waals surface area contributed by atoms with Gasteiger partial charge in [-0.15, -0.1) is 6.58 Å². The molecule has 0 fully saturated rings. The van der Waals surface area contributed by atoms with E-state index in [4.69, 9.17) is 4.74 Å². The number of nitrogens with zero attached hydrogens (tertiary/aromatic N) is 2. The predicted molar refractivity (Wildman–Crippen MR) is 95.5 cm³/mol. The van der Waals surface area contributed by atoms with Gasteiger partial charge in [-0.05, 0) is 50.9 Å². The second-order valence-corrected chi connectivity index (χ2v) is 7.31. The molecule has 0 bridgehead atoms. The lowest BCUT2D eigenvalue weighted by Crippen LogP contribution is -2.45. The lowest BCUT2D eigenvalue weighted by atomic mass is 10.0. The van der Waals surface area contributed by atoms with E-state index in [-0.39, 0.29) is 0 Å². The summed E-state index contributed by atoms with van der Waals surface area (Å²) < 4.78 is 40.0. The molecule has 1 aliphatic heterocycles. The highest BCUT2D eigenvalue weighted by Gasteiger charge is 2.34. The summed E-state index contributed by atoms with van der Waals surface area (Å²) in [5.74, 6) is 0. The molecule has 1 aromatic carbocycles. The summed E-state index contributed by atoms with van der Waals surface area (Å²) in [7, 11) is -2.33. The number of anilines is 1. The normalized spacial score (nSPS) is 17.8. The van der Waals surface area contributed by atoms with Gasteiger partial charge in [0.25, 0.3) is 0 Å². The SMILES string of the molecule is C=CCN(C)CCCCOC1CCc2ccccc2N1S(=O)(=O)O. The Morgan fingerprint density at radius 1 is 1.42 bits per heavy atom. The van der Waals surface area contributed by atoms with E-state index in [0.29, 0.717) is 18.7 Å². The van der Waals surface area contributed by atoms with Crippen molar-refractivity contribution in [2.45, 2.75) is 31.9 Å². The van der Waals surface area contributed by atoms with Gasteiger partial charge in [-0.2, -0.15) is 8.42 Å². The van der Waals surface area contributed by atoms with E-state index in [9.17, 15) is 13.0 Å². The summed E-state index contributed by atoms with van der Waals surface area (Å²) >= 11 is 0. The fourth-order valence-corrected chi connectivity index (χ4v) is 3.82. The van der Waals surface area contributed by atoms with Gasteiger partial charge >= 0.3 is 10.3 Å². The Morgan fingerprint density at radius 2 is 2.17 bits per heavy atom. The number of fused-ring (bicyclic) bond motifs is 1. The molecule has 1 atom stereocenters. The zero-order valence-corrected chi connectivity index (χ0v) is 14.9. The maximum atomic E-state index is 11.8. The average molecular weight is 354 g/mol. The molecule has 24 heavy (non-hydrogen) atoms. The van der Waals surface area contributed by atoms with E-state index >= 15 is 0 Å². The first-order valence-corrected chi connectivity index (χ1v) is 9.59. The minimum Gasteiger partial charge on any atom is -0.357 e. The van der Waals surface area contributed by atoms with Crippen molar-refractivity contribution in [2.24, 2.45) is 0 Å². The summed E-state index contributed by atoms with van der Waals surface area (Å²) in [4.78, 5) is 2.16. The molecule has 1 N–H and O–H groups in total. The molecule has 1 unspecified atom stereocenters. The fraction of sp³-hybridized carbons (Fsp3) is 0.529. The lowest BCUT2D eigenvalue weighted by Gasteiger charge is -2.35. The van der Waals surface area contributed by atoms with Gasteiger partial charge in [-0.1, -0.05) is 24.3 Å². The van der Waals surface area contributed by atoms with Crippen LogP contribution in [-0.2, 0) is 21.5 Å². The number of ether oxygens (including phenoxy) is 1. The number of para-hydroxylation sites is 1. The van der Waals surface area contributed by atoms with Crippen LogP contribution < -0.4 is 4.31 Å². The van der Waals surface area contributed by atoms with Gasteiger partial charge in [0.2, 0.25) is 0 Å². The van der Waals surface area contributed by atoms with Crippen LogP contribution in [-0.4, -0.2) is 50.8 Å². The highest BCUT2D eigenvalue weighted by Crippen LogP contribution is 2.32. The van der Waals surface area contributed by atoms with Crippen LogP contribution in [0.4, 0.5) is 5.69 Å². The Bertz CT molecular complexity index is 648. The van der Waals surface area contributed by atoms with E-state index in [1.807, 2.05) is 25.3 Å². The van der Waals surface area contributed by atoms with E-state index in [0.717, 1.165) is 42.2 Å². The van der Waals surface area contributed by atoms with Crippen molar-refractivity contribution in [2.75, 3.05) is 31.0 Å². The van der Waals surface area contributed by atoms with Crippen LogP contribution in [0.5, 0.6) is 0 Å². The summed E-state index contributed by atoms with van der Waals surface area (Å²) in [6.07, 6.45) is 4.27. The minimum absolute atomic E-state index is 0.459. The second kappa shape index (κ2) is 8.62. The second-order valence-electron chi connectivity index (χ2n) is 6.02. The van der Waals surface area contributed by atoms with Crippen molar-refractivity contribution in [3.8, 4) is 0 Å². The van der Waals surface area contributed by atoms with Crippen molar-refractivity contribution in [1.29, 1.82) is 0 Å². The molecule has 1 aromatic rings. The minimum atomic E-state index is -4.36. The molecule has 1 heterocycles. The van der Waals surface area contributed by atoms with Gasteiger partial charge in [0, 0.05) is 13.2 Å². The van der Waals surface area contributed by atoms with Crippen LogP contribution in [0.1, 0.15) is 24.8 Å². The number of hydrogen-bond donors (Lipinski definition) is 1. The summed E-state index contributed by atoms with van der Waals surface area (Å²) in [5, 5.41) is 0. The van der Waals surface area contributed by atoms with Crippen molar-refractivity contribution in [3.05, 3.63) is 42.5 Å². The van der Waals surface area contributed by atoms with Gasteiger partial charge in [-0.25, -0.2) is 4.31 Å². The van der Waals surface area contributed by atoms with Crippen LogP contribution in [0.3, 0.4) is 0 Å². The zero-order valence-electron chi connectivity index (χ0n) is 14.1. The molecule has 0 saturated heterocycles. The quantitative estimate of drug-likeness (QED) is 0.419. The van der Waals surface area contributed by atoms with Gasteiger partial charge in [-0.3, -0.25) is 4.55 Å². The Kier molecular flexibility index (Phi) is 6.79. The number of hydrogen-bond acceptors (Lipinski definition) is 4. The summed E-state index contributed by atoms with van der Waals surface area (Å²) in [6, 6.07) is 7.19. The third-order valence-electron chi connectivity index (χ3n) is 4.08. The Hall–Kier alpha value is -1.41. The van der Waals surface area contributed by atoms with Crippen molar-refractivity contribution in [1.82, 2.24) is 4.90 Å². The van der Waals surface area contributed by atoms with Crippen LogP contribution in [0.25, 0.3) is 0 Å². The number of likely N-dealkylation sites (N-methyl/N-ethyl adjacent to an activating group) is 1. The number of benzene rings is 1. The van der Waals surface area contributed by atoms with Crippen molar-refractivity contribution < 1.29 is 17.7 Å². The highest BCUT2D eigenvalue weighted by atomic mass is 32.2. The van der Waals surface area contributed by atoms with E-state index in [2.05, 4.69) is 11.5 Å². The molecule has 0 saturated carbocycles. The van der Waals surface area contributed by atoms with Gasteiger partial charge in [0.1, 0.15) is 6.23 Å². The van der Waals surface area contributed by atoms with Crippen LogP contribution >= 0.6 is 0 Å². The fourth-order valence-electron chi connectivity index (χ4n) is 2.93. The van der Waals surface area contributed by atoms with Crippen molar-refractivity contribution in [3.63, 3.8) is 0 Å². The van der Waals surface area contributed by atoms with Crippen LogP contribution in [0.2, 0.25) is 0 Å². The third kappa shape index (κ3) is 5.04. The monoisotopic (exact) mass is 354 g/mol. The molecule has 0 amide bonds. The number of unbranched alkanes of at least 4 members (excludes halogenated alkanes) is 1. The predicted octanol–water partition coefficient (Wildman–Crippen LogP) is 2.48. The zero-order chi connectivity index (χ0) is 17.6. The van der Waals surface area contributed by atoms with E-state index < -0.39 is 16.5 Å². The Morgan fingerprint density at radius 3 is 2.88 bits per heavy atom. The highest BCUT2D eigenvalue weighted by molar-refractivity contribution is 7.87. The molecule has 2 rings (SSSR count). The van der Waals surface area contributed by atoms with Crippen LogP contribution in [0, 0.1) is 0 Å². The van der Waals surface area contributed by atoms with Gasteiger partial charge in [0.15, 0.2) is 0 Å². The third-order valence-corrected chi connectivity index (χ3v) is 5.01. The van der Waals surface area contributed by atoms with Gasteiger partial charge in [0.05, 0.1) is 5.69 Å². The first-order valence-electron chi connectivity index (χ1n) is 8.19. The molecular formula is C17H26N2O4S. The van der Waals surface area contributed by atoms with Crippen molar-refractivity contribution >= 4 is 16.0 Å². The average Bonchev–Trinajstić information content (AvgIpc) is 2.53. The molecule has 1 aliphatic rings. The van der Waals surface area contributed by atoms with E-state index in [1.54, 1.807) is 12.1 Å². The topological polar surface area (TPSA) is 70.1 Å². The Balaban J connectivity index is 1.92. The first-order chi connectivity index (χ1) is 11.4. The van der Waals surface area contributed by atoms with E-state index in [1.165, 1.54) is 0 Å². The summed E-state index contributed by atoms with van der Waals surface area (Å²) in [5.41, 5.74) is 1.41. The molecule has 134 valence electrons. The molecule has 6 nitrogen and oxygen atoms in total. The standard InChI is InChI=1S/C17H26N2O4S/c1-3-12-18(2)13-6-7-14-23-17-11-10-15-8-4-5-9-16(15)19(17)24(20,21)22/h3-5,8-9,17H,1,6-7,10-14H2,2H3,(H,20,21,22). The molecule has 0 radical (unpaired) electrons. The maximum absolute atomic E-state index is 11.8. The van der Waals surface area contributed by atoms with Crippen LogP contribution in [0.15, 0.2) is 36.9 Å². The molecular weight excluding hydrogens is 328 g/mol. The molecule has 0 aromatic heterocycles. The Labute approximate surface area is 144 Å². The largest absolute Gasteiger partial charge is 0.362 e. The number of rotatable bonds is 9. The van der Waals surface area contributed by atoms with Gasteiger partial charge < -0.3 is 9.64 Å². The maximum Gasteiger partial charge on any atom is 0.362 e. The molecule has 7 heteroatoms. The lowest BCUT2D eigenvalue weighted by molar-refractivity contribution is 0.0485.